The van der Waals surface area contributed by atoms with E-state index in [2.05, 4.69) is 20.2 Å². The van der Waals surface area contributed by atoms with E-state index in [0.29, 0.717) is 30.2 Å². The van der Waals surface area contributed by atoms with Crippen molar-refractivity contribution < 1.29 is 4.79 Å². The van der Waals surface area contributed by atoms with Crippen molar-refractivity contribution in [3.63, 3.8) is 0 Å². The summed E-state index contributed by atoms with van der Waals surface area (Å²) in [7, 11) is 0. The molecule has 0 spiro atoms. The molecule has 7 nitrogen and oxygen atoms in total. The lowest BCUT2D eigenvalue weighted by Crippen LogP contribution is -2.32. The molecule has 3 rings (SSSR count). The van der Waals surface area contributed by atoms with Gasteiger partial charge in [-0.3, -0.25) is 14.6 Å². The van der Waals surface area contributed by atoms with Crippen LogP contribution < -0.4 is 21.5 Å². The number of aromatic nitrogens is 2. The molecule has 8 heteroatoms. The van der Waals surface area contributed by atoms with Crippen molar-refractivity contribution in [3.05, 3.63) is 55.8 Å². The van der Waals surface area contributed by atoms with E-state index >= 15 is 0 Å². The molecule has 2 heterocycles. The number of aromatic amines is 2. The number of hydrogen-bond donors (Lipinski definition) is 3. The Morgan fingerprint density at radius 1 is 1.29 bits per heavy atom. The maximum atomic E-state index is 12.5. The molecule has 24 heavy (non-hydrogen) atoms. The topological polar surface area (TPSA) is 98.1 Å². The second-order valence-electron chi connectivity index (χ2n) is 5.78. The molecule has 1 amide bonds. The van der Waals surface area contributed by atoms with Crippen LogP contribution in [0.1, 0.15) is 12.1 Å². The normalized spacial score (nSPS) is 17.1. The number of carbonyl (C=O) groups is 1. The predicted octanol–water partition coefficient (Wildman–Crippen LogP) is 1.49. The van der Waals surface area contributed by atoms with Gasteiger partial charge >= 0.3 is 5.69 Å². The van der Waals surface area contributed by atoms with Gasteiger partial charge in [-0.25, -0.2) is 4.79 Å². The lowest BCUT2D eigenvalue weighted by molar-refractivity contribution is -0.119. The first kappa shape index (κ1) is 16.3. The van der Waals surface area contributed by atoms with Crippen LogP contribution in [0, 0.1) is 12.8 Å². The first-order valence-corrected chi connectivity index (χ1v) is 7.97. The van der Waals surface area contributed by atoms with E-state index in [9.17, 15) is 14.4 Å². The summed E-state index contributed by atoms with van der Waals surface area (Å²) in [5.41, 5.74) is 0.105. The summed E-state index contributed by atoms with van der Waals surface area (Å²) in [6.07, 6.45) is 0.664. The zero-order chi connectivity index (χ0) is 17.3. The number of benzene rings is 1. The summed E-state index contributed by atoms with van der Waals surface area (Å²) in [4.78, 5) is 42.1. The highest BCUT2D eigenvalue weighted by molar-refractivity contribution is 6.33. The number of H-pyrrole nitrogens is 2. The third-order valence-corrected chi connectivity index (χ3v) is 4.45. The highest BCUT2D eigenvalue weighted by Crippen LogP contribution is 2.30. The lowest BCUT2D eigenvalue weighted by atomic mass is 10.1. The number of nitrogens with zero attached hydrogens (tertiary/aromatic N) is 1. The lowest BCUT2D eigenvalue weighted by Gasteiger charge is -2.19. The Hall–Kier alpha value is -2.54. The molecule has 1 fully saturated rings. The molecule has 1 aromatic heterocycles. The van der Waals surface area contributed by atoms with E-state index in [1.54, 1.807) is 6.92 Å². The third kappa shape index (κ3) is 3.21. The molecule has 1 aliphatic heterocycles. The van der Waals surface area contributed by atoms with Crippen molar-refractivity contribution in [2.75, 3.05) is 23.3 Å². The summed E-state index contributed by atoms with van der Waals surface area (Å²) < 4.78 is 0. The molecule has 1 aromatic carbocycles. The van der Waals surface area contributed by atoms with Gasteiger partial charge in [-0.2, -0.15) is 0 Å². The van der Waals surface area contributed by atoms with Gasteiger partial charge in [-0.1, -0.05) is 23.7 Å². The van der Waals surface area contributed by atoms with E-state index in [-0.39, 0.29) is 17.5 Å². The Bertz CT molecular complexity index is 889. The van der Waals surface area contributed by atoms with Crippen LogP contribution in [0.3, 0.4) is 0 Å². The van der Waals surface area contributed by atoms with Crippen LogP contribution in [0.2, 0.25) is 5.02 Å². The van der Waals surface area contributed by atoms with E-state index in [0.717, 1.165) is 5.69 Å². The number of halogens is 1. The van der Waals surface area contributed by atoms with Crippen LogP contribution in [-0.4, -0.2) is 29.0 Å². The molecule has 3 N–H and O–H groups in total. The average molecular weight is 349 g/mol. The van der Waals surface area contributed by atoms with Gasteiger partial charge in [0.25, 0.3) is 5.56 Å². The molecule has 126 valence electrons. The number of amides is 1. The predicted molar refractivity (Wildman–Crippen MR) is 92.8 cm³/mol. The zero-order valence-corrected chi connectivity index (χ0v) is 13.8. The van der Waals surface area contributed by atoms with E-state index in [1.165, 1.54) is 0 Å². The minimum atomic E-state index is -0.606. The Morgan fingerprint density at radius 2 is 2.04 bits per heavy atom. The Labute approximate surface area is 142 Å². The van der Waals surface area contributed by atoms with Crippen LogP contribution in [0.25, 0.3) is 0 Å². The van der Waals surface area contributed by atoms with E-state index in [1.807, 2.05) is 24.3 Å². The molecule has 1 unspecified atom stereocenters. The van der Waals surface area contributed by atoms with E-state index < -0.39 is 11.2 Å². The third-order valence-electron chi connectivity index (χ3n) is 4.13. The SMILES string of the molecule is Cc1[nH]c(=O)[nH]c(=O)c1NC(=O)C1CCN(c2ccccc2Cl)C1. The van der Waals surface area contributed by atoms with Gasteiger partial charge in [0.1, 0.15) is 5.69 Å². The largest absolute Gasteiger partial charge is 0.370 e. The molecule has 1 aliphatic rings. The van der Waals surface area contributed by atoms with Crippen LogP contribution in [0.15, 0.2) is 33.9 Å². The molecule has 0 aliphatic carbocycles. The van der Waals surface area contributed by atoms with Gasteiger partial charge in [0.05, 0.1) is 16.6 Å². The minimum Gasteiger partial charge on any atom is -0.370 e. The van der Waals surface area contributed by atoms with Crippen molar-refractivity contribution in [1.29, 1.82) is 0 Å². The number of aryl methyl sites for hydroxylation is 1. The van der Waals surface area contributed by atoms with Crippen LogP contribution in [0.4, 0.5) is 11.4 Å². The molecule has 1 saturated heterocycles. The van der Waals surface area contributed by atoms with Gasteiger partial charge in [-0.15, -0.1) is 0 Å². The molecular weight excluding hydrogens is 332 g/mol. The number of nitrogens with one attached hydrogen (secondary N) is 3. The summed E-state index contributed by atoms with van der Waals surface area (Å²) >= 11 is 6.20. The number of hydrogen-bond acceptors (Lipinski definition) is 4. The fourth-order valence-electron chi connectivity index (χ4n) is 2.88. The van der Waals surface area contributed by atoms with Crippen molar-refractivity contribution in [2.45, 2.75) is 13.3 Å². The standard InChI is InChI=1S/C16H17ClN4O3/c1-9-13(15(23)20-16(24)18-9)19-14(22)10-6-7-21(8-10)12-5-3-2-4-11(12)17/h2-5,10H,6-8H2,1H3,(H,19,22)(H2,18,20,23,24). The number of rotatable bonds is 3. The molecule has 0 radical (unpaired) electrons. The van der Waals surface area contributed by atoms with Crippen molar-refractivity contribution >= 4 is 28.9 Å². The zero-order valence-electron chi connectivity index (χ0n) is 13.1. The van der Waals surface area contributed by atoms with Crippen LogP contribution in [-0.2, 0) is 4.79 Å². The number of para-hydroxylation sites is 1. The highest BCUT2D eigenvalue weighted by Gasteiger charge is 2.30. The van der Waals surface area contributed by atoms with Crippen LogP contribution >= 0.6 is 11.6 Å². The molecule has 1 atom stereocenters. The Balaban J connectivity index is 1.73. The van der Waals surface area contributed by atoms with Gasteiger partial charge in [0, 0.05) is 18.8 Å². The molecule has 0 saturated carbocycles. The minimum absolute atomic E-state index is 0.0794. The first-order chi connectivity index (χ1) is 11.5. The fourth-order valence-corrected chi connectivity index (χ4v) is 3.13. The maximum absolute atomic E-state index is 12.5. The molecular formula is C16H17ClN4O3. The Kier molecular flexibility index (Phi) is 4.44. The van der Waals surface area contributed by atoms with Crippen molar-refractivity contribution in [3.8, 4) is 0 Å². The van der Waals surface area contributed by atoms with Gasteiger partial charge in [-0.05, 0) is 25.5 Å². The smallest absolute Gasteiger partial charge is 0.326 e. The number of anilines is 2. The summed E-state index contributed by atoms with van der Waals surface area (Å²) in [5, 5.41) is 3.27. The maximum Gasteiger partial charge on any atom is 0.326 e. The first-order valence-electron chi connectivity index (χ1n) is 7.59. The van der Waals surface area contributed by atoms with Crippen LogP contribution in [0.5, 0.6) is 0 Å². The molecule has 2 aromatic rings. The van der Waals surface area contributed by atoms with Gasteiger partial charge < -0.3 is 15.2 Å². The summed E-state index contributed by atoms with van der Waals surface area (Å²) in [6.45, 7) is 2.80. The van der Waals surface area contributed by atoms with Gasteiger partial charge in [0.2, 0.25) is 5.91 Å². The second kappa shape index (κ2) is 6.52. The monoisotopic (exact) mass is 348 g/mol. The van der Waals surface area contributed by atoms with Crippen molar-refractivity contribution in [2.24, 2.45) is 5.92 Å². The van der Waals surface area contributed by atoms with Crippen molar-refractivity contribution in [1.82, 2.24) is 9.97 Å². The second-order valence-corrected chi connectivity index (χ2v) is 6.19. The molecule has 0 bridgehead atoms. The van der Waals surface area contributed by atoms with Gasteiger partial charge in [0.15, 0.2) is 0 Å². The summed E-state index contributed by atoms with van der Waals surface area (Å²) in [5.74, 6) is -0.503. The van der Waals surface area contributed by atoms with E-state index in [4.69, 9.17) is 11.6 Å². The quantitative estimate of drug-likeness (QED) is 0.782. The average Bonchev–Trinajstić information content (AvgIpc) is 3.01. The number of carbonyl (C=O) groups excluding carboxylic acids is 1. The fraction of sp³-hybridized carbons (Fsp3) is 0.312. The highest BCUT2D eigenvalue weighted by atomic mass is 35.5. The Morgan fingerprint density at radius 3 is 2.75 bits per heavy atom. The summed E-state index contributed by atoms with van der Waals surface area (Å²) in [6, 6.07) is 7.49.